The second-order valence-electron chi connectivity index (χ2n) is 7.94. The molecule has 0 aliphatic rings. The van der Waals surface area contributed by atoms with Crippen LogP contribution in [0.3, 0.4) is 0 Å². The van der Waals surface area contributed by atoms with Gasteiger partial charge in [-0.15, -0.1) is 21.5 Å². The number of hydrogen-bond donors (Lipinski definition) is 1. The minimum Gasteiger partial charge on any atom is -0.302 e. The van der Waals surface area contributed by atoms with Gasteiger partial charge in [0.25, 0.3) is 0 Å². The van der Waals surface area contributed by atoms with Crippen molar-refractivity contribution >= 4 is 34.1 Å². The van der Waals surface area contributed by atoms with Gasteiger partial charge < -0.3 is 9.88 Å². The number of benzene rings is 2. The second kappa shape index (κ2) is 10.3. The van der Waals surface area contributed by atoms with E-state index in [-0.39, 0.29) is 11.7 Å². The van der Waals surface area contributed by atoms with Gasteiger partial charge in [0.2, 0.25) is 5.91 Å². The molecule has 33 heavy (non-hydrogen) atoms. The number of halogens is 1. The fourth-order valence-electron chi connectivity index (χ4n) is 3.24. The molecule has 1 atom stereocenters. The van der Waals surface area contributed by atoms with E-state index in [1.54, 1.807) is 18.2 Å². The van der Waals surface area contributed by atoms with Crippen LogP contribution in [-0.2, 0) is 11.3 Å². The number of amides is 1. The van der Waals surface area contributed by atoms with Crippen LogP contribution in [0.15, 0.2) is 65.1 Å². The molecule has 2 heterocycles. The van der Waals surface area contributed by atoms with Crippen molar-refractivity contribution < 1.29 is 9.18 Å². The fourth-order valence-corrected chi connectivity index (χ4v) is 4.82. The van der Waals surface area contributed by atoms with E-state index in [0.717, 1.165) is 11.3 Å². The highest BCUT2D eigenvalue weighted by Gasteiger charge is 2.23. The van der Waals surface area contributed by atoms with Gasteiger partial charge in [0, 0.05) is 17.5 Å². The minimum absolute atomic E-state index is 0.180. The number of aromatic nitrogens is 4. The molecule has 1 N–H and O–H groups in total. The molecule has 0 saturated carbocycles. The third-order valence-electron chi connectivity index (χ3n) is 4.83. The average Bonchev–Trinajstić information content (AvgIpc) is 3.42. The summed E-state index contributed by atoms with van der Waals surface area (Å²) in [6.45, 7) is 6.56. The Hall–Kier alpha value is -3.04. The van der Waals surface area contributed by atoms with Crippen LogP contribution in [-0.4, -0.2) is 30.9 Å². The summed E-state index contributed by atoms with van der Waals surface area (Å²) in [5, 5.41) is 14.0. The SMILES string of the molecule is CC(C)Cn1c(SC(C)C(=O)Nc2nc(-c3ccccc3)cs2)nnc1-c1ccccc1F. The molecule has 0 aliphatic heterocycles. The predicted molar refractivity (Wildman–Crippen MR) is 132 cm³/mol. The van der Waals surface area contributed by atoms with Gasteiger partial charge in [-0.25, -0.2) is 9.37 Å². The highest BCUT2D eigenvalue weighted by Crippen LogP contribution is 2.30. The zero-order chi connectivity index (χ0) is 23.4. The molecule has 0 aliphatic carbocycles. The van der Waals surface area contributed by atoms with E-state index in [4.69, 9.17) is 0 Å². The molecule has 4 aromatic rings. The summed E-state index contributed by atoms with van der Waals surface area (Å²) in [5.74, 6) is 0.224. The van der Waals surface area contributed by atoms with Crippen molar-refractivity contribution in [2.24, 2.45) is 5.92 Å². The minimum atomic E-state index is -0.447. The molecule has 0 radical (unpaired) electrons. The van der Waals surface area contributed by atoms with E-state index in [0.29, 0.717) is 34.1 Å². The fraction of sp³-hybridized carbons (Fsp3) is 0.250. The van der Waals surface area contributed by atoms with Crippen molar-refractivity contribution in [2.45, 2.75) is 37.7 Å². The topological polar surface area (TPSA) is 72.7 Å². The summed E-state index contributed by atoms with van der Waals surface area (Å²) in [7, 11) is 0. The number of carbonyl (C=O) groups is 1. The smallest absolute Gasteiger partial charge is 0.239 e. The lowest BCUT2D eigenvalue weighted by atomic mass is 10.2. The van der Waals surface area contributed by atoms with Gasteiger partial charge in [0.1, 0.15) is 5.82 Å². The summed E-state index contributed by atoms with van der Waals surface area (Å²) in [6, 6.07) is 16.3. The van der Waals surface area contributed by atoms with E-state index < -0.39 is 5.25 Å². The van der Waals surface area contributed by atoms with Gasteiger partial charge in [-0.05, 0) is 25.0 Å². The largest absolute Gasteiger partial charge is 0.302 e. The molecule has 2 aromatic carbocycles. The van der Waals surface area contributed by atoms with Crippen molar-refractivity contribution in [1.29, 1.82) is 0 Å². The Labute approximate surface area is 200 Å². The molecule has 1 unspecified atom stereocenters. The van der Waals surface area contributed by atoms with Gasteiger partial charge in [0.15, 0.2) is 16.1 Å². The van der Waals surface area contributed by atoms with Crippen LogP contribution in [0.1, 0.15) is 20.8 Å². The Morgan fingerprint density at radius 2 is 1.82 bits per heavy atom. The lowest BCUT2D eigenvalue weighted by molar-refractivity contribution is -0.115. The van der Waals surface area contributed by atoms with Crippen LogP contribution >= 0.6 is 23.1 Å². The molecule has 0 saturated heterocycles. The van der Waals surface area contributed by atoms with E-state index in [1.807, 2.05) is 47.2 Å². The third kappa shape index (κ3) is 5.48. The van der Waals surface area contributed by atoms with E-state index in [2.05, 4.69) is 34.3 Å². The monoisotopic (exact) mass is 481 g/mol. The summed E-state index contributed by atoms with van der Waals surface area (Å²) < 4.78 is 16.3. The van der Waals surface area contributed by atoms with Gasteiger partial charge in [-0.3, -0.25) is 4.79 Å². The van der Waals surface area contributed by atoms with Gasteiger partial charge >= 0.3 is 0 Å². The summed E-state index contributed by atoms with van der Waals surface area (Å²) in [4.78, 5) is 17.4. The number of nitrogens with zero attached hydrogens (tertiary/aromatic N) is 4. The van der Waals surface area contributed by atoms with Crippen molar-refractivity contribution in [2.75, 3.05) is 5.32 Å². The Bertz CT molecular complexity index is 1240. The van der Waals surface area contributed by atoms with Gasteiger partial charge in [-0.1, -0.05) is 68.1 Å². The molecule has 2 aromatic heterocycles. The number of thioether (sulfide) groups is 1. The average molecular weight is 482 g/mol. The van der Waals surface area contributed by atoms with Crippen LogP contribution in [0.2, 0.25) is 0 Å². The summed E-state index contributed by atoms with van der Waals surface area (Å²) in [6.07, 6.45) is 0. The highest BCUT2D eigenvalue weighted by atomic mass is 32.2. The molecule has 170 valence electrons. The first-order chi connectivity index (χ1) is 15.9. The second-order valence-corrected chi connectivity index (χ2v) is 10.1. The first-order valence-corrected chi connectivity index (χ1v) is 12.3. The molecular weight excluding hydrogens is 457 g/mol. The standard InChI is InChI=1S/C24H24FN5OS2/c1-15(2)13-30-21(18-11-7-8-12-19(18)25)28-29-24(30)33-16(3)22(31)27-23-26-20(14-32-23)17-9-5-4-6-10-17/h4-12,14-16H,13H2,1-3H3,(H,26,27,31). The Morgan fingerprint density at radius 3 is 2.55 bits per heavy atom. The Kier molecular flexibility index (Phi) is 7.20. The van der Waals surface area contributed by atoms with E-state index >= 15 is 0 Å². The maximum absolute atomic E-state index is 14.4. The number of anilines is 1. The Balaban J connectivity index is 1.50. The van der Waals surface area contributed by atoms with Gasteiger partial charge in [0.05, 0.1) is 16.5 Å². The third-order valence-corrected chi connectivity index (χ3v) is 6.67. The number of thiazole rings is 1. The molecular formula is C24H24FN5OS2. The first-order valence-electron chi connectivity index (χ1n) is 10.6. The number of nitrogens with one attached hydrogen (secondary N) is 1. The zero-order valence-corrected chi connectivity index (χ0v) is 20.2. The predicted octanol–water partition coefficient (Wildman–Crippen LogP) is 5.98. The van der Waals surface area contributed by atoms with Crippen LogP contribution < -0.4 is 5.32 Å². The van der Waals surface area contributed by atoms with Crippen molar-refractivity contribution in [1.82, 2.24) is 19.7 Å². The van der Waals surface area contributed by atoms with Crippen molar-refractivity contribution in [3.8, 4) is 22.6 Å². The molecule has 6 nitrogen and oxygen atoms in total. The molecule has 9 heteroatoms. The normalized spacial score (nSPS) is 12.2. The molecule has 1 amide bonds. The lowest BCUT2D eigenvalue weighted by Gasteiger charge is -2.15. The summed E-state index contributed by atoms with van der Waals surface area (Å²) in [5.41, 5.74) is 2.22. The van der Waals surface area contributed by atoms with Crippen LogP contribution in [0.4, 0.5) is 9.52 Å². The van der Waals surface area contributed by atoms with E-state index in [1.165, 1.54) is 29.2 Å². The van der Waals surface area contributed by atoms with Crippen LogP contribution in [0.5, 0.6) is 0 Å². The maximum atomic E-state index is 14.4. The number of carbonyl (C=O) groups excluding carboxylic acids is 1. The lowest BCUT2D eigenvalue weighted by Crippen LogP contribution is -2.23. The molecule has 0 bridgehead atoms. The molecule has 0 fully saturated rings. The summed E-state index contributed by atoms with van der Waals surface area (Å²) >= 11 is 2.68. The molecule has 4 rings (SSSR count). The van der Waals surface area contributed by atoms with Crippen LogP contribution in [0, 0.1) is 11.7 Å². The van der Waals surface area contributed by atoms with Crippen molar-refractivity contribution in [3.05, 3.63) is 65.8 Å². The first kappa shape index (κ1) is 23.1. The maximum Gasteiger partial charge on any atom is 0.239 e. The van der Waals surface area contributed by atoms with Gasteiger partial charge in [-0.2, -0.15) is 0 Å². The van der Waals surface area contributed by atoms with Crippen LogP contribution in [0.25, 0.3) is 22.6 Å². The van der Waals surface area contributed by atoms with Crippen molar-refractivity contribution in [3.63, 3.8) is 0 Å². The number of rotatable bonds is 8. The highest BCUT2D eigenvalue weighted by molar-refractivity contribution is 8.00. The molecule has 0 spiro atoms. The zero-order valence-electron chi connectivity index (χ0n) is 18.5. The van der Waals surface area contributed by atoms with E-state index in [9.17, 15) is 9.18 Å². The quantitative estimate of drug-likeness (QED) is 0.313. The Morgan fingerprint density at radius 1 is 1.09 bits per heavy atom. The number of hydrogen-bond acceptors (Lipinski definition) is 6.